The van der Waals surface area contributed by atoms with Crippen LogP contribution in [0.25, 0.3) is 0 Å². The first-order valence-electron chi connectivity index (χ1n) is 4.52. The van der Waals surface area contributed by atoms with Crippen LogP contribution in [-0.2, 0) is 0 Å². The fraction of sp³-hybridized carbons (Fsp3) is 1.00. The van der Waals surface area contributed by atoms with Gasteiger partial charge in [-0.05, 0) is 51.9 Å². The summed E-state index contributed by atoms with van der Waals surface area (Å²) in [6.45, 7) is 4.05. The molecule has 3 nitrogen and oxygen atoms in total. The van der Waals surface area contributed by atoms with Gasteiger partial charge in [0.2, 0.25) is 0 Å². The van der Waals surface area contributed by atoms with Gasteiger partial charge in [0, 0.05) is 0 Å². The second-order valence-electron chi connectivity index (χ2n) is 2.74. The summed E-state index contributed by atoms with van der Waals surface area (Å²) in [5, 5.41) is 3.22. The van der Waals surface area contributed by atoms with Crippen molar-refractivity contribution in [2.24, 2.45) is 11.5 Å². The molecule has 5 N–H and O–H groups in total. The first kappa shape index (κ1) is 10.9. The molecular weight excluding hydrogens is 138 g/mol. The summed E-state index contributed by atoms with van der Waals surface area (Å²) in [6.07, 6.45) is 4.91. The molecule has 0 unspecified atom stereocenters. The molecule has 1 rings (SSSR count). The number of nitrogens with one attached hydrogen (secondary N) is 1. The molecule has 68 valence electrons. The van der Waals surface area contributed by atoms with Crippen molar-refractivity contribution in [1.29, 1.82) is 0 Å². The van der Waals surface area contributed by atoms with Gasteiger partial charge in [-0.15, -0.1) is 0 Å². The van der Waals surface area contributed by atoms with Crippen molar-refractivity contribution in [2.45, 2.75) is 25.7 Å². The number of rotatable bonds is 3. The summed E-state index contributed by atoms with van der Waals surface area (Å²) in [5.41, 5.74) is 10.3. The van der Waals surface area contributed by atoms with Gasteiger partial charge in [-0.25, -0.2) is 0 Å². The Morgan fingerprint density at radius 1 is 0.909 bits per heavy atom. The highest BCUT2D eigenvalue weighted by Gasteiger charge is 1.93. The van der Waals surface area contributed by atoms with Crippen molar-refractivity contribution in [1.82, 2.24) is 5.32 Å². The number of nitrogens with two attached hydrogens (primary N) is 2. The zero-order chi connectivity index (χ0) is 8.36. The summed E-state index contributed by atoms with van der Waals surface area (Å²) in [7, 11) is 0. The van der Waals surface area contributed by atoms with E-state index in [1.165, 1.54) is 25.9 Å². The number of unbranched alkanes of at least 4 members (excludes halogenated alkanes) is 1. The van der Waals surface area contributed by atoms with E-state index >= 15 is 0 Å². The fourth-order valence-electron chi connectivity index (χ4n) is 0.914. The molecule has 1 fully saturated rings. The Labute approximate surface area is 69.5 Å². The predicted molar refractivity (Wildman–Crippen MR) is 49.4 cm³/mol. The van der Waals surface area contributed by atoms with E-state index in [1.807, 2.05) is 0 Å². The maximum absolute atomic E-state index is 5.16. The average molecular weight is 159 g/mol. The Kier molecular flexibility index (Phi) is 9.77. The molecule has 1 aliphatic heterocycles. The SMILES string of the molecule is C1CCNC1.NCCCCN. The van der Waals surface area contributed by atoms with Crippen LogP contribution < -0.4 is 16.8 Å². The first-order chi connectivity index (χ1) is 5.41. The van der Waals surface area contributed by atoms with Gasteiger partial charge in [-0.1, -0.05) is 0 Å². The van der Waals surface area contributed by atoms with Crippen LogP contribution >= 0.6 is 0 Å². The lowest BCUT2D eigenvalue weighted by atomic mass is 10.3. The molecular formula is C8H21N3. The molecule has 1 aliphatic rings. The van der Waals surface area contributed by atoms with Crippen LogP contribution in [0.2, 0.25) is 0 Å². The molecule has 0 aromatic rings. The molecule has 11 heavy (non-hydrogen) atoms. The minimum Gasteiger partial charge on any atom is -0.330 e. The monoisotopic (exact) mass is 159 g/mol. The zero-order valence-electron chi connectivity index (χ0n) is 7.31. The molecule has 0 aromatic carbocycles. The van der Waals surface area contributed by atoms with Gasteiger partial charge in [0.25, 0.3) is 0 Å². The van der Waals surface area contributed by atoms with Crippen LogP contribution in [0.3, 0.4) is 0 Å². The molecule has 0 bridgehead atoms. The molecule has 0 saturated carbocycles. The average Bonchev–Trinajstić information content (AvgIpc) is 2.57. The second kappa shape index (κ2) is 9.88. The lowest BCUT2D eigenvalue weighted by molar-refractivity contribution is 0.755. The third kappa shape index (κ3) is 9.88. The van der Waals surface area contributed by atoms with Gasteiger partial charge >= 0.3 is 0 Å². The molecule has 0 atom stereocenters. The standard InChI is InChI=1S/C4H12N2.C4H9N/c5-3-1-2-4-6;1-2-4-5-3-1/h1-6H2;5H,1-4H2. The Bertz CT molecular complexity index is 50.7. The van der Waals surface area contributed by atoms with Gasteiger partial charge in [0.05, 0.1) is 0 Å². The molecule has 0 aliphatic carbocycles. The van der Waals surface area contributed by atoms with Crippen LogP contribution in [0.1, 0.15) is 25.7 Å². The van der Waals surface area contributed by atoms with E-state index in [4.69, 9.17) is 11.5 Å². The lowest BCUT2D eigenvalue weighted by Crippen LogP contribution is -2.03. The molecule has 0 amide bonds. The van der Waals surface area contributed by atoms with Crippen molar-refractivity contribution >= 4 is 0 Å². The Morgan fingerprint density at radius 2 is 1.36 bits per heavy atom. The molecule has 0 spiro atoms. The molecule has 1 heterocycles. The van der Waals surface area contributed by atoms with Crippen LogP contribution in [0.15, 0.2) is 0 Å². The third-order valence-corrected chi connectivity index (χ3v) is 1.62. The Hall–Kier alpha value is -0.120. The summed E-state index contributed by atoms with van der Waals surface area (Å²) < 4.78 is 0. The van der Waals surface area contributed by atoms with Gasteiger partial charge in [-0.2, -0.15) is 0 Å². The normalized spacial score (nSPS) is 15.8. The van der Waals surface area contributed by atoms with E-state index in [2.05, 4.69) is 5.32 Å². The van der Waals surface area contributed by atoms with E-state index in [0.29, 0.717) is 0 Å². The maximum Gasteiger partial charge on any atom is -0.00484 e. The minimum absolute atomic E-state index is 0.775. The highest BCUT2D eigenvalue weighted by atomic mass is 14.9. The van der Waals surface area contributed by atoms with Crippen molar-refractivity contribution in [3.8, 4) is 0 Å². The summed E-state index contributed by atoms with van der Waals surface area (Å²) in [6, 6.07) is 0. The highest BCUT2D eigenvalue weighted by molar-refractivity contribution is 4.55. The third-order valence-electron chi connectivity index (χ3n) is 1.62. The summed E-state index contributed by atoms with van der Waals surface area (Å²) in [5.74, 6) is 0. The fourth-order valence-corrected chi connectivity index (χ4v) is 0.914. The molecule has 1 saturated heterocycles. The summed E-state index contributed by atoms with van der Waals surface area (Å²) in [4.78, 5) is 0. The minimum atomic E-state index is 0.775. The van der Waals surface area contributed by atoms with Gasteiger partial charge in [0.15, 0.2) is 0 Å². The van der Waals surface area contributed by atoms with Crippen molar-refractivity contribution in [2.75, 3.05) is 26.2 Å². The predicted octanol–water partition coefficient (Wildman–Crippen LogP) is 0.0538. The largest absolute Gasteiger partial charge is 0.330 e. The molecule has 3 heteroatoms. The maximum atomic E-state index is 5.16. The lowest BCUT2D eigenvalue weighted by Gasteiger charge is -1.87. The summed E-state index contributed by atoms with van der Waals surface area (Å²) >= 11 is 0. The second-order valence-corrected chi connectivity index (χ2v) is 2.74. The Balaban J connectivity index is 0.000000183. The van der Waals surface area contributed by atoms with Gasteiger partial charge in [-0.3, -0.25) is 0 Å². The topological polar surface area (TPSA) is 64.1 Å². The van der Waals surface area contributed by atoms with E-state index < -0.39 is 0 Å². The van der Waals surface area contributed by atoms with Crippen molar-refractivity contribution in [3.63, 3.8) is 0 Å². The van der Waals surface area contributed by atoms with Crippen molar-refractivity contribution in [3.05, 3.63) is 0 Å². The van der Waals surface area contributed by atoms with Crippen LogP contribution in [-0.4, -0.2) is 26.2 Å². The smallest absolute Gasteiger partial charge is 0.00484 e. The number of hydrogen-bond donors (Lipinski definition) is 3. The van der Waals surface area contributed by atoms with E-state index in [-0.39, 0.29) is 0 Å². The van der Waals surface area contributed by atoms with Crippen LogP contribution in [0.4, 0.5) is 0 Å². The molecule has 0 radical (unpaired) electrons. The van der Waals surface area contributed by atoms with Crippen LogP contribution in [0, 0.1) is 0 Å². The quantitative estimate of drug-likeness (QED) is 0.510. The van der Waals surface area contributed by atoms with E-state index in [9.17, 15) is 0 Å². The zero-order valence-corrected chi connectivity index (χ0v) is 7.31. The van der Waals surface area contributed by atoms with Gasteiger partial charge < -0.3 is 16.8 Å². The van der Waals surface area contributed by atoms with E-state index in [1.54, 1.807) is 0 Å². The van der Waals surface area contributed by atoms with Crippen LogP contribution in [0.5, 0.6) is 0 Å². The molecule has 0 aromatic heterocycles. The highest BCUT2D eigenvalue weighted by Crippen LogP contribution is 1.90. The first-order valence-corrected chi connectivity index (χ1v) is 4.52. The van der Waals surface area contributed by atoms with Crippen molar-refractivity contribution < 1.29 is 0 Å². The van der Waals surface area contributed by atoms with Gasteiger partial charge in [0.1, 0.15) is 0 Å². The Morgan fingerprint density at radius 3 is 1.55 bits per heavy atom. The number of hydrogen-bond acceptors (Lipinski definition) is 3. The van der Waals surface area contributed by atoms with E-state index in [0.717, 1.165) is 25.9 Å².